The van der Waals surface area contributed by atoms with Gasteiger partial charge in [0.1, 0.15) is 18.2 Å². The number of aryl methyl sites for hydroxylation is 1. The summed E-state index contributed by atoms with van der Waals surface area (Å²) in [6.07, 6.45) is 2.59. The highest BCUT2D eigenvalue weighted by Crippen LogP contribution is 2.28. The number of hydrogen-bond acceptors (Lipinski definition) is 5. The van der Waals surface area contributed by atoms with Crippen LogP contribution in [0.25, 0.3) is 0 Å². The lowest BCUT2D eigenvalue weighted by atomic mass is 10.2. The van der Waals surface area contributed by atoms with Crippen molar-refractivity contribution in [2.75, 3.05) is 23.3 Å². The van der Waals surface area contributed by atoms with Gasteiger partial charge in [0.15, 0.2) is 0 Å². The molecule has 1 unspecified atom stereocenters. The van der Waals surface area contributed by atoms with Crippen molar-refractivity contribution in [1.82, 2.24) is 9.97 Å². The highest BCUT2D eigenvalue weighted by molar-refractivity contribution is 9.10. The van der Waals surface area contributed by atoms with Gasteiger partial charge in [0.25, 0.3) is 0 Å². The monoisotopic (exact) mass is 357 g/mol. The molecular formula is C16H16BrN5. The maximum Gasteiger partial charge on any atom is 0.129 e. The fourth-order valence-electron chi connectivity index (χ4n) is 2.70. The third-order valence-electron chi connectivity index (χ3n) is 3.76. The molecule has 0 aliphatic carbocycles. The van der Waals surface area contributed by atoms with Crippen LogP contribution in [-0.2, 0) is 0 Å². The molecule has 0 spiro atoms. The van der Waals surface area contributed by atoms with Crippen molar-refractivity contribution in [3.8, 4) is 6.07 Å². The maximum absolute atomic E-state index is 9.28. The van der Waals surface area contributed by atoms with E-state index >= 15 is 0 Å². The minimum absolute atomic E-state index is 0.319. The van der Waals surface area contributed by atoms with Crippen molar-refractivity contribution in [2.24, 2.45) is 0 Å². The van der Waals surface area contributed by atoms with Gasteiger partial charge in [-0.25, -0.2) is 9.97 Å². The van der Waals surface area contributed by atoms with Crippen molar-refractivity contribution in [2.45, 2.75) is 19.4 Å². The molecule has 6 heteroatoms. The zero-order chi connectivity index (χ0) is 15.5. The van der Waals surface area contributed by atoms with Gasteiger partial charge < -0.3 is 10.2 Å². The fraction of sp³-hybridized carbons (Fsp3) is 0.312. The van der Waals surface area contributed by atoms with E-state index in [4.69, 9.17) is 0 Å². The van der Waals surface area contributed by atoms with Crippen LogP contribution < -0.4 is 10.2 Å². The molecule has 22 heavy (non-hydrogen) atoms. The number of anilines is 2. The Hall–Kier alpha value is -2.13. The highest BCUT2D eigenvalue weighted by Gasteiger charge is 2.24. The summed E-state index contributed by atoms with van der Waals surface area (Å²) in [4.78, 5) is 10.6. The maximum atomic E-state index is 9.28. The first-order chi connectivity index (χ1) is 10.7. The van der Waals surface area contributed by atoms with E-state index in [1.807, 2.05) is 31.2 Å². The minimum Gasteiger partial charge on any atom is -0.368 e. The zero-order valence-corrected chi connectivity index (χ0v) is 13.8. The Bertz CT molecular complexity index is 725. The van der Waals surface area contributed by atoms with Gasteiger partial charge in [-0.2, -0.15) is 5.26 Å². The van der Waals surface area contributed by atoms with Crippen LogP contribution >= 0.6 is 15.9 Å². The lowest BCUT2D eigenvalue weighted by Crippen LogP contribution is -2.26. The molecule has 2 heterocycles. The first kappa shape index (κ1) is 14.8. The first-order valence-corrected chi connectivity index (χ1v) is 7.95. The smallest absolute Gasteiger partial charge is 0.129 e. The molecule has 5 nitrogen and oxygen atoms in total. The lowest BCUT2D eigenvalue weighted by Gasteiger charge is -2.20. The third kappa shape index (κ3) is 3.20. The fourth-order valence-corrected chi connectivity index (χ4v) is 3.05. The van der Waals surface area contributed by atoms with E-state index in [1.165, 1.54) is 0 Å². The van der Waals surface area contributed by atoms with E-state index in [-0.39, 0.29) is 0 Å². The topological polar surface area (TPSA) is 64.8 Å². The van der Waals surface area contributed by atoms with E-state index in [9.17, 15) is 5.26 Å². The first-order valence-electron chi connectivity index (χ1n) is 7.15. The molecule has 1 aromatic heterocycles. The molecule has 2 aromatic rings. The Morgan fingerprint density at radius 1 is 1.36 bits per heavy atom. The molecule has 1 aliphatic heterocycles. The van der Waals surface area contributed by atoms with Crippen LogP contribution in [0.3, 0.4) is 0 Å². The van der Waals surface area contributed by atoms with Crippen molar-refractivity contribution in [3.05, 3.63) is 46.3 Å². The van der Waals surface area contributed by atoms with Crippen LogP contribution in [0.2, 0.25) is 0 Å². The van der Waals surface area contributed by atoms with Crippen molar-refractivity contribution < 1.29 is 0 Å². The van der Waals surface area contributed by atoms with Crippen LogP contribution in [-0.4, -0.2) is 29.1 Å². The van der Waals surface area contributed by atoms with Crippen LogP contribution in [0.4, 0.5) is 11.5 Å². The van der Waals surface area contributed by atoms with E-state index in [0.29, 0.717) is 11.6 Å². The Labute approximate surface area is 138 Å². The van der Waals surface area contributed by atoms with Gasteiger partial charge in [0.2, 0.25) is 0 Å². The van der Waals surface area contributed by atoms with Crippen LogP contribution in [0.15, 0.2) is 35.1 Å². The summed E-state index contributed by atoms with van der Waals surface area (Å²) >= 11 is 3.48. The van der Waals surface area contributed by atoms with E-state index < -0.39 is 0 Å². The zero-order valence-electron chi connectivity index (χ0n) is 12.3. The number of nitrogens with one attached hydrogen (secondary N) is 1. The average molecular weight is 358 g/mol. The van der Waals surface area contributed by atoms with E-state index in [1.54, 1.807) is 6.33 Å². The molecule has 112 valence electrons. The van der Waals surface area contributed by atoms with E-state index in [2.05, 4.69) is 42.2 Å². The Morgan fingerprint density at radius 3 is 3.00 bits per heavy atom. The number of rotatable bonds is 3. The van der Waals surface area contributed by atoms with Crippen LogP contribution in [0.1, 0.15) is 17.7 Å². The molecule has 1 fully saturated rings. The number of nitrogens with zero attached hydrogens (tertiary/aromatic N) is 4. The second kappa shape index (κ2) is 6.32. The minimum atomic E-state index is 0.319. The molecule has 1 saturated heterocycles. The number of benzene rings is 1. The molecule has 0 amide bonds. The van der Waals surface area contributed by atoms with Gasteiger partial charge in [0.05, 0.1) is 11.3 Å². The molecule has 0 radical (unpaired) electrons. The van der Waals surface area contributed by atoms with Gasteiger partial charge in [-0.3, -0.25) is 0 Å². The number of halogens is 1. The second-order valence-electron chi connectivity index (χ2n) is 5.39. The average Bonchev–Trinajstić information content (AvgIpc) is 2.95. The normalized spacial score (nSPS) is 17.3. The van der Waals surface area contributed by atoms with E-state index in [0.717, 1.165) is 41.2 Å². The summed E-state index contributed by atoms with van der Waals surface area (Å²) < 4.78 is 0.990. The van der Waals surface area contributed by atoms with Crippen LogP contribution in [0.5, 0.6) is 0 Å². The Balaban J connectivity index is 1.73. The predicted molar refractivity (Wildman–Crippen MR) is 89.9 cm³/mol. The molecule has 1 atom stereocenters. The third-order valence-corrected chi connectivity index (χ3v) is 4.26. The summed E-state index contributed by atoms with van der Waals surface area (Å²) in [5.74, 6) is 0.856. The summed E-state index contributed by atoms with van der Waals surface area (Å²) in [7, 11) is 0. The lowest BCUT2D eigenvalue weighted by molar-refractivity contribution is 0.798. The molecule has 0 saturated carbocycles. The number of hydrogen-bond donors (Lipinski definition) is 1. The molecule has 0 bridgehead atoms. The quantitative estimate of drug-likeness (QED) is 0.913. The highest BCUT2D eigenvalue weighted by atomic mass is 79.9. The molecule has 1 aliphatic rings. The van der Waals surface area contributed by atoms with Gasteiger partial charge in [0, 0.05) is 35.4 Å². The van der Waals surface area contributed by atoms with Gasteiger partial charge in [-0.1, -0.05) is 15.9 Å². The molecule has 1 aromatic carbocycles. The number of nitriles is 1. The summed E-state index contributed by atoms with van der Waals surface area (Å²) in [6.45, 7) is 3.73. The van der Waals surface area contributed by atoms with Crippen LogP contribution in [0, 0.1) is 18.3 Å². The van der Waals surface area contributed by atoms with Gasteiger partial charge in [-0.15, -0.1) is 0 Å². The predicted octanol–water partition coefficient (Wildman–Crippen LogP) is 3.11. The Kier molecular flexibility index (Phi) is 4.25. The summed E-state index contributed by atoms with van der Waals surface area (Å²) in [5.41, 5.74) is 2.65. The summed E-state index contributed by atoms with van der Waals surface area (Å²) in [6, 6.07) is 10.3. The summed E-state index contributed by atoms with van der Waals surface area (Å²) in [5, 5.41) is 12.7. The second-order valence-corrected chi connectivity index (χ2v) is 6.31. The van der Waals surface area contributed by atoms with Crippen molar-refractivity contribution in [3.63, 3.8) is 0 Å². The molecular weight excluding hydrogens is 342 g/mol. The molecule has 1 N–H and O–H groups in total. The Morgan fingerprint density at radius 2 is 2.23 bits per heavy atom. The number of aromatic nitrogens is 2. The van der Waals surface area contributed by atoms with Crippen molar-refractivity contribution in [1.29, 1.82) is 5.26 Å². The largest absolute Gasteiger partial charge is 0.368 e. The van der Waals surface area contributed by atoms with Gasteiger partial charge >= 0.3 is 0 Å². The van der Waals surface area contributed by atoms with Gasteiger partial charge in [-0.05, 0) is 31.5 Å². The van der Waals surface area contributed by atoms with Crippen molar-refractivity contribution >= 4 is 27.4 Å². The molecule has 3 rings (SSSR count). The SMILES string of the molecule is Cc1cc(NC2CCN(c3cc(Br)ccc3C#N)C2)ncn1. The standard InChI is InChI=1S/C16H16BrN5/c1-11-6-16(20-10-19-11)21-14-4-5-22(9-14)15-7-13(17)3-2-12(15)8-18/h2-3,6-7,10,14H,4-5,9H2,1H3,(H,19,20,21).